The number of carbonyl (C=O) groups excluding carboxylic acids is 2. The molecule has 1 spiro atoms. The van der Waals surface area contributed by atoms with E-state index in [4.69, 9.17) is 23.4 Å². The fraction of sp³-hybridized carbons (Fsp3) is 0.529. The van der Waals surface area contributed by atoms with Gasteiger partial charge in [0.15, 0.2) is 12.2 Å². The number of aryl methyl sites for hydroxylation is 2. The molecule has 11 heteroatoms. The van der Waals surface area contributed by atoms with Crippen LogP contribution in [-0.2, 0) is 48.7 Å². The number of benzene rings is 4. The molecule has 13 rings (SSSR count). The molecular formula is C70H82O11. The standard InChI is InChI=1S/C70H82O11/c1-43(40-72)54-26-20-44-18-21-45(22-19-44)55-27-24-48(47-13-10-15-52(37-47)70-34-7-6-14-51(70)25-23-46-12-4-5-17-58(46)70)36-50(55)38-60(74)78-64-62-59(29-28-56-57(41-73)61(67(76)79-63(56)62)49(30-35-71)42-77-3)81-68(2,65(64)80-66(54)75)53-16-11-33-69(39-53)31-8-9-32-69/h4-5,10,12-13,15,17-19,21-22,24,27-29,37,48-51,53,55,64-65,71-73H,6-9,11,14,16,20,23,25-26,30-36,38-42H2,1-3H3. The molecule has 11 nitrogen and oxygen atoms in total. The highest BCUT2D eigenvalue weighted by Crippen LogP contribution is 2.59. The fourth-order valence-corrected chi connectivity index (χ4v) is 17.1. The van der Waals surface area contributed by atoms with Gasteiger partial charge in [-0.05, 0) is 171 Å². The maximum atomic E-state index is 15.7. The first kappa shape index (κ1) is 55.7. The number of carbonyl (C=O) groups is 2. The van der Waals surface area contributed by atoms with E-state index in [1.807, 2.05) is 13.0 Å². The number of esters is 2. The van der Waals surface area contributed by atoms with Gasteiger partial charge in [-0.1, -0.05) is 117 Å². The molecule has 10 unspecified atom stereocenters. The van der Waals surface area contributed by atoms with Crippen molar-refractivity contribution in [2.75, 3.05) is 26.9 Å². The van der Waals surface area contributed by atoms with Crippen LogP contribution in [0.15, 0.2) is 117 Å². The molecule has 2 bridgehead atoms. The quantitative estimate of drug-likeness (QED) is 0.0528. The van der Waals surface area contributed by atoms with Crippen LogP contribution in [0.3, 0.4) is 0 Å². The minimum absolute atomic E-state index is 0.0215. The lowest BCUT2D eigenvalue weighted by Gasteiger charge is -2.52. The van der Waals surface area contributed by atoms with Crippen molar-refractivity contribution >= 4 is 22.9 Å². The van der Waals surface area contributed by atoms with E-state index < -0.39 is 47.9 Å². The zero-order valence-electron chi connectivity index (χ0n) is 47.7. The maximum absolute atomic E-state index is 15.7. The number of hydrogen-bond donors (Lipinski definition) is 3. The molecule has 0 radical (unpaired) electrons. The van der Waals surface area contributed by atoms with E-state index in [9.17, 15) is 20.1 Å². The SMILES string of the molecule is COCC(CCO)c1c(CO)c2ccc3c(c2oc1=O)C1OC(=O)CC2CC(c4cccc(C56CCCCC5CCc5ccccc56)c4)C=CC2c2ccc(cc2)CCC(=C(C)CO)C(=O)OC1C(C)(C1CCCC2(CCCC2)C1)O3. The van der Waals surface area contributed by atoms with Gasteiger partial charge in [0.2, 0.25) is 0 Å². The minimum atomic E-state index is -1.32. The molecule has 0 amide bonds. The summed E-state index contributed by atoms with van der Waals surface area (Å²) in [4.78, 5) is 45.5. The highest BCUT2D eigenvalue weighted by Gasteiger charge is 2.59. The second kappa shape index (κ2) is 23.1. The third-order valence-corrected chi connectivity index (χ3v) is 21.2. The molecule has 5 aliphatic carbocycles. The Morgan fingerprint density at radius 1 is 0.790 bits per heavy atom. The highest BCUT2D eigenvalue weighted by atomic mass is 16.6. The van der Waals surface area contributed by atoms with Crippen molar-refractivity contribution in [3.8, 4) is 5.75 Å². The van der Waals surface area contributed by atoms with Gasteiger partial charge in [-0.15, -0.1) is 0 Å². The molecule has 428 valence electrons. The zero-order valence-corrected chi connectivity index (χ0v) is 47.7. The first-order valence-corrected chi connectivity index (χ1v) is 30.6. The van der Waals surface area contributed by atoms with E-state index in [0.29, 0.717) is 53.0 Å². The molecule has 0 saturated heterocycles. The summed E-state index contributed by atoms with van der Waals surface area (Å²) in [5.41, 5.74) is 7.49. The molecule has 8 aliphatic rings. The Balaban J connectivity index is 0.990. The monoisotopic (exact) mass is 1100 g/mol. The van der Waals surface area contributed by atoms with Gasteiger partial charge in [-0.3, -0.25) is 4.79 Å². The van der Waals surface area contributed by atoms with Crippen LogP contribution in [0, 0.1) is 23.2 Å². The number of hydrogen-bond acceptors (Lipinski definition) is 11. The molecule has 3 fully saturated rings. The second-order valence-electron chi connectivity index (χ2n) is 25.6. The van der Waals surface area contributed by atoms with Crippen molar-refractivity contribution in [3.05, 3.63) is 169 Å². The Morgan fingerprint density at radius 3 is 2.37 bits per heavy atom. The number of ether oxygens (including phenoxy) is 4. The number of fused-ring (bicyclic) bond motifs is 14. The summed E-state index contributed by atoms with van der Waals surface area (Å²) in [5.74, 6) is -1.19. The van der Waals surface area contributed by atoms with Gasteiger partial charge in [-0.25, -0.2) is 9.59 Å². The molecule has 4 heterocycles. The van der Waals surface area contributed by atoms with Crippen LogP contribution in [0.25, 0.3) is 11.0 Å². The Bertz CT molecular complexity index is 3270. The normalized spacial score (nSPS) is 30.0. The second-order valence-corrected chi connectivity index (χ2v) is 25.6. The Labute approximate surface area is 477 Å². The summed E-state index contributed by atoms with van der Waals surface area (Å²) in [5, 5.41) is 32.4. The predicted molar refractivity (Wildman–Crippen MR) is 311 cm³/mol. The molecule has 3 aliphatic heterocycles. The van der Waals surface area contributed by atoms with E-state index in [1.165, 1.54) is 55.0 Å². The lowest BCUT2D eigenvalue weighted by atomic mass is 9.54. The average molecular weight is 1100 g/mol. The van der Waals surface area contributed by atoms with Gasteiger partial charge in [0.05, 0.1) is 25.4 Å². The van der Waals surface area contributed by atoms with Crippen LogP contribution in [0.5, 0.6) is 5.75 Å². The van der Waals surface area contributed by atoms with E-state index >= 15 is 9.59 Å². The lowest BCUT2D eigenvalue weighted by Crippen LogP contribution is -2.59. The van der Waals surface area contributed by atoms with Crippen molar-refractivity contribution in [2.45, 2.75) is 183 Å². The number of aliphatic hydroxyl groups is 3. The van der Waals surface area contributed by atoms with E-state index in [1.54, 1.807) is 13.0 Å². The van der Waals surface area contributed by atoms with Gasteiger partial charge >= 0.3 is 17.6 Å². The summed E-state index contributed by atoms with van der Waals surface area (Å²) in [7, 11) is 1.52. The molecule has 1 aromatic heterocycles. The van der Waals surface area contributed by atoms with Gasteiger partial charge in [0, 0.05) is 65.7 Å². The van der Waals surface area contributed by atoms with Crippen LogP contribution >= 0.6 is 0 Å². The highest BCUT2D eigenvalue weighted by molar-refractivity contribution is 5.90. The minimum Gasteiger partial charge on any atom is -0.483 e. The molecule has 4 aromatic carbocycles. The maximum Gasteiger partial charge on any atom is 0.340 e. The van der Waals surface area contributed by atoms with E-state index in [2.05, 4.69) is 84.9 Å². The first-order valence-electron chi connectivity index (χ1n) is 30.6. The predicted octanol–water partition coefficient (Wildman–Crippen LogP) is 13.0. The van der Waals surface area contributed by atoms with Crippen molar-refractivity contribution in [1.29, 1.82) is 0 Å². The molecule has 5 aromatic rings. The number of aliphatic hydroxyl groups excluding tert-OH is 3. The fourth-order valence-electron chi connectivity index (χ4n) is 17.1. The molecule has 81 heavy (non-hydrogen) atoms. The van der Waals surface area contributed by atoms with Gasteiger partial charge in [-0.2, -0.15) is 0 Å². The topological polar surface area (TPSA) is 162 Å². The number of rotatable bonds is 10. The van der Waals surface area contributed by atoms with Crippen LogP contribution < -0.4 is 10.4 Å². The Kier molecular flexibility index (Phi) is 15.9. The largest absolute Gasteiger partial charge is 0.483 e. The van der Waals surface area contributed by atoms with Crippen LogP contribution in [0.2, 0.25) is 0 Å². The van der Waals surface area contributed by atoms with E-state index in [-0.39, 0.29) is 83.9 Å². The van der Waals surface area contributed by atoms with Crippen molar-refractivity contribution in [1.82, 2.24) is 0 Å². The van der Waals surface area contributed by atoms with Crippen LogP contribution in [0.1, 0.15) is 197 Å². The molecular weight excluding hydrogens is 1020 g/mol. The molecule has 3 saturated carbocycles. The van der Waals surface area contributed by atoms with Gasteiger partial charge < -0.3 is 38.7 Å². The summed E-state index contributed by atoms with van der Waals surface area (Å²) in [6, 6.07) is 30.6. The van der Waals surface area contributed by atoms with E-state index in [0.717, 1.165) is 75.3 Å². The third kappa shape index (κ3) is 10.1. The van der Waals surface area contributed by atoms with Gasteiger partial charge in [0.1, 0.15) is 16.9 Å². The first-order chi connectivity index (χ1) is 39.4. The van der Waals surface area contributed by atoms with Crippen molar-refractivity contribution in [2.24, 2.45) is 23.2 Å². The summed E-state index contributed by atoms with van der Waals surface area (Å²) in [6.07, 6.45) is 19.3. The van der Waals surface area contributed by atoms with Crippen LogP contribution in [0.4, 0.5) is 0 Å². The number of methoxy groups -OCH3 is 1. The zero-order chi connectivity index (χ0) is 56.0. The lowest BCUT2D eigenvalue weighted by molar-refractivity contribution is -0.203. The van der Waals surface area contributed by atoms with Crippen molar-refractivity contribution in [3.63, 3.8) is 0 Å². The molecule has 3 N–H and O–H groups in total. The average Bonchev–Trinajstić information content (AvgIpc) is 3.05. The van der Waals surface area contributed by atoms with Crippen LogP contribution in [-0.4, -0.2) is 65.9 Å². The summed E-state index contributed by atoms with van der Waals surface area (Å²) in [6.45, 7) is 2.74. The summed E-state index contributed by atoms with van der Waals surface area (Å²) < 4.78 is 33.4. The Hall–Kier alpha value is -5.85. The Morgan fingerprint density at radius 2 is 1.58 bits per heavy atom. The van der Waals surface area contributed by atoms with Crippen molar-refractivity contribution < 1.29 is 48.3 Å². The van der Waals surface area contributed by atoms with Gasteiger partial charge in [0.25, 0.3) is 0 Å². The molecule has 10 atom stereocenters. The third-order valence-electron chi connectivity index (χ3n) is 21.2. The number of allylic oxidation sites excluding steroid dienone is 2. The summed E-state index contributed by atoms with van der Waals surface area (Å²) >= 11 is 0. The smallest absolute Gasteiger partial charge is 0.340 e.